The van der Waals surface area contributed by atoms with Gasteiger partial charge in [-0.05, 0) is 23.6 Å². The lowest BCUT2D eigenvalue weighted by atomic mass is 10.1. The minimum absolute atomic E-state index is 0.240. The van der Waals surface area contributed by atoms with Crippen molar-refractivity contribution in [1.82, 2.24) is 10.2 Å². The van der Waals surface area contributed by atoms with Gasteiger partial charge in [0.1, 0.15) is 5.82 Å². The van der Waals surface area contributed by atoms with E-state index in [0.717, 1.165) is 5.56 Å². The van der Waals surface area contributed by atoms with Gasteiger partial charge >= 0.3 is 0 Å². The summed E-state index contributed by atoms with van der Waals surface area (Å²) >= 11 is 0. The molecule has 0 radical (unpaired) electrons. The molecular formula is C13H16FN3O. The standard InChI is InChI=1S/C13H16FN3O/c1-8(2)12(15)13-17-16-11(18-13)7-9-3-5-10(14)6-4-9/h3-6,8,12H,7,15H2,1-2H3. The SMILES string of the molecule is CC(C)C(N)c1nnc(Cc2ccc(F)cc2)o1. The third-order valence-corrected chi connectivity index (χ3v) is 2.75. The van der Waals surface area contributed by atoms with Gasteiger partial charge < -0.3 is 10.2 Å². The Labute approximate surface area is 105 Å². The third kappa shape index (κ3) is 2.92. The Kier molecular flexibility index (Phi) is 3.72. The molecule has 2 aromatic rings. The van der Waals surface area contributed by atoms with Gasteiger partial charge in [0.15, 0.2) is 0 Å². The van der Waals surface area contributed by atoms with Crippen molar-refractivity contribution in [1.29, 1.82) is 0 Å². The van der Waals surface area contributed by atoms with Crippen LogP contribution in [0.3, 0.4) is 0 Å². The Morgan fingerprint density at radius 3 is 2.50 bits per heavy atom. The molecule has 0 fully saturated rings. The number of hydrogen-bond donors (Lipinski definition) is 1. The predicted molar refractivity (Wildman–Crippen MR) is 65.3 cm³/mol. The van der Waals surface area contributed by atoms with Crippen molar-refractivity contribution in [2.45, 2.75) is 26.3 Å². The summed E-state index contributed by atoms with van der Waals surface area (Å²) in [6, 6.07) is 5.96. The Morgan fingerprint density at radius 2 is 1.89 bits per heavy atom. The van der Waals surface area contributed by atoms with Crippen LogP contribution in [0.2, 0.25) is 0 Å². The molecule has 0 bridgehead atoms. The van der Waals surface area contributed by atoms with Gasteiger partial charge in [0, 0.05) is 0 Å². The fourth-order valence-electron chi connectivity index (χ4n) is 1.53. The van der Waals surface area contributed by atoms with E-state index in [0.29, 0.717) is 18.2 Å². The number of nitrogens with two attached hydrogens (primary N) is 1. The Morgan fingerprint density at radius 1 is 1.22 bits per heavy atom. The van der Waals surface area contributed by atoms with Crippen LogP contribution in [0.5, 0.6) is 0 Å². The first-order valence-corrected chi connectivity index (χ1v) is 5.88. The van der Waals surface area contributed by atoms with Crippen LogP contribution in [0.15, 0.2) is 28.7 Å². The highest BCUT2D eigenvalue weighted by atomic mass is 19.1. The maximum atomic E-state index is 12.8. The molecule has 4 nitrogen and oxygen atoms in total. The van der Waals surface area contributed by atoms with Gasteiger partial charge in [-0.1, -0.05) is 26.0 Å². The van der Waals surface area contributed by atoms with Gasteiger partial charge in [-0.3, -0.25) is 0 Å². The van der Waals surface area contributed by atoms with E-state index in [-0.39, 0.29) is 17.8 Å². The molecule has 5 heteroatoms. The zero-order chi connectivity index (χ0) is 13.1. The molecule has 2 rings (SSSR count). The summed E-state index contributed by atoms with van der Waals surface area (Å²) in [5.41, 5.74) is 6.84. The number of aromatic nitrogens is 2. The topological polar surface area (TPSA) is 64.9 Å². The zero-order valence-electron chi connectivity index (χ0n) is 10.4. The number of halogens is 1. The number of hydrogen-bond acceptors (Lipinski definition) is 4. The van der Waals surface area contributed by atoms with Crippen LogP contribution in [0, 0.1) is 11.7 Å². The van der Waals surface area contributed by atoms with E-state index >= 15 is 0 Å². The quantitative estimate of drug-likeness (QED) is 0.904. The second kappa shape index (κ2) is 5.27. The third-order valence-electron chi connectivity index (χ3n) is 2.75. The number of nitrogens with zero attached hydrogens (tertiary/aromatic N) is 2. The fourth-order valence-corrected chi connectivity index (χ4v) is 1.53. The Bertz CT molecular complexity index is 507. The van der Waals surface area contributed by atoms with E-state index in [1.54, 1.807) is 12.1 Å². The zero-order valence-corrected chi connectivity index (χ0v) is 10.4. The lowest BCUT2D eigenvalue weighted by Gasteiger charge is -2.09. The Balaban J connectivity index is 2.09. The molecule has 0 spiro atoms. The molecule has 0 saturated heterocycles. The molecule has 0 aliphatic heterocycles. The van der Waals surface area contributed by atoms with E-state index in [4.69, 9.17) is 10.2 Å². The monoisotopic (exact) mass is 249 g/mol. The molecule has 0 saturated carbocycles. The summed E-state index contributed by atoms with van der Waals surface area (Å²) < 4.78 is 18.3. The van der Waals surface area contributed by atoms with Gasteiger partial charge in [0.25, 0.3) is 0 Å². The van der Waals surface area contributed by atoms with Crippen LogP contribution in [-0.4, -0.2) is 10.2 Å². The van der Waals surface area contributed by atoms with Crippen LogP contribution < -0.4 is 5.73 Å². The van der Waals surface area contributed by atoms with Crippen LogP contribution in [0.4, 0.5) is 4.39 Å². The van der Waals surface area contributed by atoms with Crippen molar-refractivity contribution in [2.24, 2.45) is 11.7 Å². The normalized spacial score (nSPS) is 12.9. The lowest BCUT2D eigenvalue weighted by Crippen LogP contribution is -2.16. The van der Waals surface area contributed by atoms with Gasteiger partial charge in [0.2, 0.25) is 11.8 Å². The molecule has 1 atom stereocenters. The summed E-state index contributed by atoms with van der Waals surface area (Å²) in [5.74, 6) is 0.922. The molecule has 0 aliphatic carbocycles. The van der Waals surface area contributed by atoms with Crippen LogP contribution in [-0.2, 0) is 6.42 Å². The summed E-state index contributed by atoms with van der Waals surface area (Å²) in [6.45, 7) is 3.99. The highest BCUT2D eigenvalue weighted by Crippen LogP contribution is 2.18. The van der Waals surface area contributed by atoms with Gasteiger partial charge in [-0.2, -0.15) is 0 Å². The van der Waals surface area contributed by atoms with Gasteiger partial charge in [-0.15, -0.1) is 10.2 Å². The van der Waals surface area contributed by atoms with Crippen molar-refractivity contribution in [3.05, 3.63) is 47.4 Å². The van der Waals surface area contributed by atoms with Gasteiger partial charge in [0.05, 0.1) is 12.5 Å². The Hall–Kier alpha value is -1.75. The smallest absolute Gasteiger partial charge is 0.233 e. The van der Waals surface area contributed by atoms with E-state index < -0.39 is 0 Å². The minimum atomic E-state index is -0.258. The molecule has 1 aromatic carbocycles. The average molecular weight is 249 g/mol. The lowest BCUT2D eigenvalue weighted by molar-refractivity contribution is 0.374. The molecule has 1 unspecified atom stereocenters. The first-order chi connectivity index (χ1) is 8.56. The van der Waals surface area contributed by atoms with Crippen molar-refractivity contribution < 1.29 is 8.81 Å². The second-order valence-electron chi connectivity index (χ2n) is 4.61. The first-order valence-electron chi connectivity index (χ1n) is 5.88. The molecule has 0 aliphatic rings. The van der Waals surface area contributed by atoms with E-state index in [1.807, 2.05) is 13.8 Å². The van der Waals surface area contributed by atoms with Crippen molar-refractivity contribution in [2.75, 3.05) is 0 Å². The van der Waals surface area contributed by atoms with Crippen LogP contribution in [0.1, 0.15) is 37.2 Å². The predicted octanol–water partition coefficient (Wildman–Crippen LogP) is 2.46. The molecule has 1 heterocycles. The van der Waals surface area contributed by atoms with Gasteiger partial charge in [-0.25, -0.2) is 4.39 Å². The van der Waals surface area contributed by atoms with E-state index in [9.17, 15) is 4.39 Å². The summed E-state index contributed by atoms with van der Waals surface area (Å²) in [5, 5.41) is 7.88. The van der Waals surface area contributed by atoms with E-state index in [2.05, 4.69) is 10.2 Å². The fraction of sp³-hybridized carbons (Fsp3) is 0.385. The van der Waals surface area contributed by atoms with Crippen LogP contribution >= 0.6 is 0 Å². The molecule has 18 heavy (non-hydrogen) atoms. The minimum Gasteiger partial charge on any atom is -0.423 e. The number of rotatable bonds is 4. The molecule has 2 N–H and O–H groups in total. The van der Waals surface area contributed by atoms with Crippen molar-refractivity contribution in [3.63, 3.8) is 0 Å². The second-order valence-corrected chi connectivity index (χ2v) is 4.61. The van der Waals surface area contributed by atoms with Crippen molar-refractivity contribution >= 4 is 0 Å². The summed E-state index contributed by atoms with van der Waals surface area (Å²) in [6.07, 6.45) is 0.484. The highest BCUT2D eigenvalue weighted by Gasteiger charge is 2.17. The molecule has 1 aromatic heterocycles. The van der Waals surface area contributed by atoms with E-state index in [1.165, 1.54) is 12.1 Å². The average Bonchev–Trinajstić information content (AvgIpc) is 2.79. The molecule has 0 amide bonds. The maximum absolute atomic E-state index is 12.8. The maximum Gasteiger partial charge on any atom is 0.233 e. The van der Waals surface area contributed by atoms with Crippen LogP contribution in [0.25, 0.3) is 0 Å². The first kappa shape index (κ1) is 12.7. The number of benzene rings is 1. The summed E-state index contributed by atoms with van der Waals surface area (Å²) in [4.78, 5) is 0. The molecular weight excluding hydrogens is 233 g/mol. The highest BCUT2D eigenvalue weighted by molar-refractivity contribution is 5.18. The van der Waals surface area contributed by atoms with Crippen molar-refractivity contribution in [3.8, 4) is 0 Å². The summed E-state index contributed by atoms with van der Waals surface area (Å²) in [7, 11) is 0. The molecule has 96 valence electrons. The largest absolute Gasteiger partial charge is 0.423 e.